The highest BCUT2D eigenvalue weighted by molar-refractivity contribution is 6.05. The number of hydrogen-bond donors (Lipinski definition) is 2. The first-order valence-corrected chi connectivity index (χ1v) is 10.2. The summed E-state index contributed by atoms with van der Waals surface area (Å²) in [4.78, 5) is 27.9. The van der Waals surface area contributed by atoms with Crippen molar-refractivity contribution in [2.75, 3.05) is 36.4 Å². The van der Waals surface area contributed by atoms with E-state index in [1.165, 1.54) is 0 Å². The first-order valence-electron chi connectivity index (χ1n) is 10.2. The lowest BCUT2D eigenvalue weighted by atomic mass is 10.1. The molecule has 0 bridgehead atoms. The number of aryl methyl sites for hydroxylation is 1. The maximum Gasteiger partial charge on any atom is 0.255 e. The minimum Gasteiger partial charge on any atom is -0.497 e. The van der Waals surface area contributed by atoms with E-state index in [0.29, 0.717) is 35.4 Å². The van der Waals surface area contributed by atoms with Crippen LogP contribution >= 0.6 is 0 Å². The Morgan fingerprint density at radius 3 is 2.55 bits per heavy atom. The number of aliphatic imine (C=N–C) groups is 1. The van der Waals surface area contributed by atoms with Crippen molar-refractivity contribution in [2.24, 2.45) is 4.99 Å². The average molecular weight is 444 g/mol. The van der Waals surface area contributed by atoms with E-state index in [-0.39, 0.29) is 5.91 Å². The minimum absolute atomic E-state index is 0.280. The highest BCUT2D eigenvalue weighted by atomic mass is 16.5. The van der Waals surface area contributed by atoms with Crippen LogP contribution in [0.4, 0.5) is 23.1 Å². The number of carbonyl (C=O) groups excluding carboxylic acids is 1. The molecule has 33 heavy (non-hydrogen) atoms. The van der Waals surface area contributed by atoms with Gasteiger partial charge in [-0.2, -0.15) is 4.98 Å². The average Bonchev–Trinajstić information content (AvgIpc) is 2.86. The molecule has 4 rings (SSSR count). The van der Waals surface area contributed by atoms with Crippen molar-refractivity contribution >= 4 is 35.3 Å². The van der Waals surface area contributed by atoms with E-state index in [1.54, 1.807) is 44.8 Å². The van der Waals surface area contributed by atoms with E-state index in [0.717, 1.165) is 17.1 Å². The highest BCUT2D eigenvalue weighted by Gasteiger charge is 2.12. The van der Waals surface area contributed by atoms with Crippen molar-refractivity contribution in [3.63, 3.8) is 0 Å². The number of methoxy groups -OCH3 is 2. The zero-order valence-corrected chi connectivity index (χ0v) is 18.6. The summed E-state index contributed by atoms with van der Waals surface area (Å²) >= 11 is 0. The lowest BCUT2D eigenvalue weighted by molar-refractivity contribution is 0.102. The molecular weight excluding hydrogens is 420 g/mol. The summed E-state index contributed by atoms with van der Waals surface area (Å²) in [6.45, 7) is 2.47. The van der Waals surface area contributed by atoms with Gasteiger partial charge in [0.2, 0.25) is 5.95 Å². The van der Waals surface area contributed by atoms with Gasteiger partial charge in [-0.25, -0.2) is 4.98 Å². The third-order valence-corrected chi connectivity index (χ3v) is 4.98. The van der Waals surface area contributed by atoms with Gasteiger partial charge in [0.25, 0.3) is 5.91 Å². The van der Waals surface area contributed by atoms with E-state index in [4.69, 9.17) is 9.47 Å². The number of carbonyl (C=O) groups is 1. The number of nitrogens with zero attached hydrogens (tertiary/aromatic N) is 4. The van der Waals surface area contributed by atoms with Gasteiger partial charge in [-0.1, -0.05) is 6.07 Å². The summed E-state index contributed by atoms with van der Waals surface area (Å²) in [5, 5.41) is 6.15. The summed E-state index contributed by atoms with van der Waals surface area (Å²) in [6, 6.07) is 12.4. The maximum absolute atomic E-state index is 12.8. The monoisotopic (exact) mass is 444 g/mol. The Kier molecular flexibility index (Phi) is 6.49. The zero-order chi connectivity index (χ0) is 23.2. The fourth-order valence-electron chi connectivity index (χ4n) is 3.20. The fourth-order valence-corrected chi connectivity index (χ4v) is 3.20. The van der Waals surface area contributed by atoms with E-state index in [2.05, 4.69) is 25.6 Å². The van der Waals surface area contributed by atoms with Crippen LogP contribution in [-0.4, -0.2) is 43.0 Å². The van der Waals surface area contributed by atoms with E-state index >= 15 is 0 Å². The number of rotatable bonds is 7. The molecule has 0 fully saturated rings. The number of hydrogen-bond acceptors (Lipinski definition) is 8. The molecule has 0 spiro atoms. The number of benzene rings is 2. The fraction of sp³-hybridized carbons (Fsp3) is 0.167. The molecule has 1 amide bonds. The Morgan fingerprint density at radius 2 is 1.85 bits per heavy atom. The second-order valence-electron chi connectivity index (χ2n) is 7.23. The van der Waals surface area contributed by atoms with Crippen molar-refractivity contribution in [2.45, 2.75) is 6.92 Å². The van der Waals surface area contributed by atoms with Crippen LogP contribution in [0.3, 0.4) is 0 Å². The number of nitrogens with one attached hydrogen (secondary N) is 2. The molecule has 0 radical (unpaired) electrons. The quantitative estimate of drug-likeness (QED) is 0.564. The van der Waals surface area contributed by atoms with Gasteiger partial charge in [0.05, 0.1) is 14.2 Å². The first-order chi connectivity index (χ1) is 16.1. The predicted octanol–water partition coefficient (Wildman–Crippen LogP) is 4.16. The van der Waals surface area contributed by atoms with Crippen molar-refractivity contribution < 1.29 is 14.3 Å². The topological polar surface area (TPSA) is 101 Å². The van der Waals surface area contributed by atoms with Gasteiger partial charge in [-0.05, 0) is 48.9 Å². The Labute approximate surface area is 191 Å². The van der Waals surface area contributed by atoms with Gasteiger partial charge in [0, 0.05) is 41.6 Å². The van der Waals surface area contributed by atoms with Gasteiger partial charge in [0.1, 0.15) is 24.0 Å². The highest BCUT2D eigenvalue weighted by Crippen LogP contribution is 2.26. The van der Waals surface area contributed by atoms with E-state index in [9.17, 15) is 4.79 Å². The lowest BCUT2D eigenvalue weighted by Gasteiger charge is -2.19. The Bertz CT molecular complexity index is 1200. The van der Waals surface area contributed by atoms with Crippen LogP contribution in [0.5, 0.6) is 11.5 Å². The van der Waals surface area contributed by atoms with Crippen LogP contribution in [0.25, 0.3) is 0 Å². The molecule has 0 atom stereocenters. The molecule has 1 aliphatic rings. The predicted molar refractivity (Wildman–Crippen MR) is 129 cm³/mol. The molecule has 0 saturated heterocycles. The largest absolute Gasteiger partial charge is 0.497 e. The molecule has 3 aromatic rings. The molecule has 1 aliphatic heterocycles. The van der Waals surface area contributed by atoms with Crippen LogP contribution < -0.4 is 25.0 Å². The second-order valence-corrected chi connectivity index (χ2v) is 7.23. The molecule has 2 N–H and O–H groups in total. The van der Waals surface area contributed by atoms with E-state index < -0.39 is 0 Å². The Hall–Kier alpha value is -4.40. The van der Waals surface area contributed by atoms with Gasteiger partial charge in [-0.3, -0.25) is 9.79 Å². The molecule has 1 aromatic heterocycles. The maximum atomic E-state index is 12.8. The van der Waals surface area contributed by atoms with Crippen molar-refractivity contribution in [3.8, 4) is 11.5 Å². The lowest BCUT2D eigenvalue weighted by Crippen LogP contribution is -2.20. The van der Waals surface area contributed by atoms with Crippen molar-refractivity contribution in [3.05, 3.63) is 72.1 Å². The summed E-state index contributed by atoms with van der Waals surface area (Å²) in [7, 11) is 3.08. The molecule has 0 unspecified atom stereocenters. The third-order valence-electron chi connectivity index (χ3n) is 4.98. The SMILES string of the molecule is COc1cc(OC)cc(C(=O)Nc2ccc(C)c(Nc3nccc(N4C=CC=NC4)n3)c2)c1. The summed E-state index contributed by atoms with van der Waals surface area (Å²) in [5.74, 6) is 1.97. The molecule has 168 valence electrons. The number of anilines is 4. The Balaban J connectivity index is 1.52. The number of ether oxygens (including phenoxy) is 2. The summed E-state index contributed by atoms with van der Waals surface area (Å²) in [5.41, 5.74) is 2.81. The van der Waals surface area contributed by atoms with Crippen LogP contribution in [-0.2, 0) is 0 Å². The van der Waals surface area contributed by atoms with Crippen LogP contribution in [0.15, 0.2) is 65.9 Å². The summed E-state index contributed by atoms with van der Waals surface area (Å²) in [6.07, 6.45) is 7.20. The second kappa shape index (κ2) is 9.82. The molecule has 0 aliphatic carbocycles. The molecule has 2 heterocycles. The van der Waals surface area contributed by atoms with Gasteiger partial charge in [0.15, 0.2) is 0 Å². The number of allylic oxidation sites excluding steroid dienone is 1. The van der Waals surface area contributed by atoms with Gasteiger partial charge in [-0.15, -0.1) is 0 Å². The molecular formula is C24H24N6O3. The van der Waals surface area contributed by atoms with Crippen LogP contribution in [0.2, 0.25) is 0 Å². The molecule has 2 aromatic carbocycles. The smallest absolute Gasteiger partial charge is 0.255 e. The number of aromatic nitrogens is 2. The van der Waals surface area contributed by atoms with E-state index in [1.807, 2.05) is 48.4 Å². The van der Waals surface area contributed by atoms with Crippen LogP contribution in [0, 0.1) is 6.92 Å². The van der Waals surface area contributed by atoms with Gasteiger partial charge >= 0.3 is 0 Å². The minimum atomic E-state index is -0.280. The molecule has 9 heteroatoms. The normalized spacial score (nSPS) is 12.4. The first kappa shape index (κ1) is 21.8. The standard InChI is InChI=1S/C24H24N6O3/c1-16-5-6-18(27-23(31)17-11-19(32-2)14-20(12-17)33-3)13-21(16)28-24-26-9-7-22(29-24)30-10-4-8-25-15-30/h4-14H,15H2,1-3H3,(H,27,31)(H,26,28,29). The molecule has 0 saturated carbocycles. The third kappa shape index (κ3) is 5.27. The Morgan fingerprint density at radius 1 is 1.06 bits per heavy atom. The summed E-state index contributed by atoms with van der Waals surface area (Å²) < 4.78 is 10.5. The van der Waals surface area contributed by atoms with Crippen molar-refractivity contribution in [1.82, 2.24) is 9.97 Å². The van der Waals surface area contributed by atoms with Crippen molar-refractivity contribution in [1.29, 1.82) is 0 Å². The zero-order valence-electron chi connectivity index (χ0n) is 18.6. The number of amides is 1. The van der Waals surface area contributed by atoms with Gasteiger partial charge < -0.3 is 25.0 Å². The van der Waals surface area contributed by atoms with Crippen LogP contribution in [0.1, 0.15) is 15.9 Å². The molecule has 9 nitrogen and oxygen atoms in total.